The lowest BCUT2D eigenvalue weighted by Crippen LogP contribution is -1.93. The minimum atomic E-state index is 0.892. The number of aryl methyl sites for hydroxylation is 2. The Kier molecular flexibility index (Phi) is 6.10. The Hall–Kier alpha value is -1.96. The van der Waals surface area contributed by atoms with Crippen molar-refractivity contribution in [3.8, 4) is 0 Å². The standard InChI is InChI=1S/2C9H13N/c1-6-4-5-9(10)8(3)7(6)2;1-2-5-8-6-3-4-7-9(8)10/h4-5H,10H2,1-3H3;3-4,6-7H,2,5,10H2,1H3. The van der Waals surface area contributed by atoms with Gasteiger partial charge in [-0.25, -0.2) is 0 Å². The lowest BCUT2D eigenvalue weighted by atomic mass is 10.0. The summed E-state index contributed by atoms with van der Waals surface area (Å²) in [5, 5.41) is 0. The summed E-state index contributed by atoms with van der Waals surface area (Å²) < 4.78 is 0. The molecule has 0 aliphatic rings. The zero-order chi connectivity index (χ0) is 15.1. The van der Waals surface area contributed by atoms with Crippen molar-refractivity contribution in [2.75, 3.05) is 11.5 Å². The Bertz CT molecular complexity index is 532. The number of nitrogens with two attached hydrogens (primary N) is 2. The van der Waals surface area contributed by atoms with E-state index >= 15 is 0 Å². The first-order chi connectivity index (χ1) is 9.47. The molecule has 0 radical (unpaired) electrons. The summed E-state index contributed by atoms with van der Waals surface area (Å²) in [6.07, 6.45) is 2.25. The van der Waals surface area contributed by atoms with Crippen LogP contribution in [0.15, 0.2) is 36.4 Å². The average Bonchev–Trinajstić information content (AvgIpc) is 2.44. The van der Waals surface area contributed by atoms with Crippen LogP contribution in [0.2, 0.25) is 0 Å². The maximum Gasteiger partial charge on any atom is 0.0346 e. The largest absolute Gasteiger partial charge is 0.399 e. The molecule has 0 aromatic heterocycles. The lowest BCUT2D eigenvalue weighted by molar-refractivity contribution is 0.924. The molecule has 108 valence electrons. The van der Waals surface area contributed by atoms with E-state index in [1.165, 1.54) is 22.3 Å². The number of anilines is 2. The molecule has 0 fully saturated rings. The van der Waals surface area contributed by atoms with Gasteiger partial charge < -0.3 is 11.5 Å². The van der Waals surface area contributed by atoms with E-state index in [-0.39, 0.29) is 0 Å². The predicted octanol–water partition coefficient (Wildman–Crippen LogP) is 4.42. The molecule has 0 aliphatic heterocycles. The highest BCUT2D eigenvalue weighted by molar-refractivity contribution is 5.52. The molecule has 2 aromatic carbocycles. The summed E-state index contributed by atoms with van der Waals surface area (Å²) in [4.78, 5) is 0. The van der Waals surface area contributed by atoms with Crippen LogP contribution in [0, 0.1) is 20.8 Å². The van der Waals surface area contributed by atoms with Crippen LogP contribution in [-0.4, -0.2) is 0 Å². The molecule has 0 spiro atoms. The van der Waals surface area contributed by atoms with E-state index in [0.29, 0.717) is 0 Å². The van der Waals surface area contributed by atoms with Crippen molar-refractivity contribution >= 4 is 11.4 Å². The normalized spacial score (nSPS) is 9.80. The zero-order valence-corrected chi connectivity index (χ0v) is 13.0. The predicted molar refractivity (Wildman–Crippen MR) is 89.9 cm³/mol. The van der Waals surface area contributed by atoms with Crippen LogP contribution in [0.4, 0.5) is 11.4 Å². The van der Waals surface area contributed by atoms with Gasteiger partial charge in [0.25, 0.3) is 0 Å². The van der Waals surface area contributed by atoms with Crippen molar-refractivity contribution in [1.29, 1.82) is 0 Å². The zero-order valence-electron chi connectivity index (χ0n) is 13.0. The van der Waals surface area contributed by atoms with Crippen LogP contribution in [0.3, 0.4) is 0 Å². The summed E-state index contributed by atoms with van der Waals surface area (Å²) >= 11 is 0. The van der Waals surface area contributed by atoms with Crippen LogP contribution >= 0.6 is 0 Å². The van der Waals surface area contributed by atoms with Crippen molar-refractivity contribution in [2.45, 2.75) is 40.5 Å². The van der Waals surface area contributed by atoms with Gasteiger partial charge in [0.15, 0.2) is 0 Å². The van der Waals surface area contributed by atoms with Crippen molar-refractivity contribution < 1.29 is 0 Å². The van der Waals surface area contributed by atoms with Gasteiger partial charge in [-0.3, -0.25) is 0 Å². The Balaban J connectivity index is 0.000000200. The highest BCUT2D eigenvalue weighted by Gasteiger charge is 1.98. The molecule has 0 saturated heterocycles. The number of para-hydroxylation sites is 1. The minimum Gasteiger partial charge on any atom is -0.399 e. The number of hydrogen-bond acceptors (Lipinski definition) is 2. The third-order valence-corrected chi connectivity index (χ3v) is 3.67. The van der Waals surface area contributed by atoms with E-state index in [0.717, 1.165) is 24.2 Å². The first-order valence-corrected chi connectivity index (χ1v) is 7.13. The van der Waals surface area contributed by atoms with Gasteiger partial charge >= 0.3 is 0 Å². The fourth-order valence-corrected chi connectivity index (χ4v) is 2.01. The number of nitrogen functional groups attached to an aromatic ring is 2. The van der Waals surface area contributed by atoms with Gasteiger partial charge in [-0.1, -0.05) is 37.6 Å². The summed E-state index contributed by atoms with van der Waals surface area (Å²) in [6.45, 7) is 8.41. The molecule has 0 unspecified atom stereocenters. The first kappa shape index (κ1) is 16.1. The molecule has 0 saturated carbocycles. The molecular formula is C18H26N2. The third-order valence-electron chi connectivity index (χ3n) is 3.67. The van der Waals surface area contributed by atoms with Crippen LogP contribution in [0.25, 0.3) is 0 Å². The van der Waals surface area contributed by atoms with E-state index in [9.17, 15) is 0 Å². The van der Waals surface area contributed by atoms with E-state index in [4.69, 9.17) is 11.5 Å². The average molecular weight is 270 g/mol. The van der Waals surface area contributed by atoms with Gasteiger partial charge in [-0.2, -0.15) is 0 Å². The molecular weight excluding hydrogens is 244 g/mol. The van der Waals surface area contributed by atoms with Gasteiger partial charge in [-0.05, 0) is 61.6 Å². The minimum absolute atomic E-state index is 0.892. The van der Waals surface area contributed by atoms with E-state index < -0.39 is 0 Å². The van der Waals surface area contributed by atoms with Gasteiger partial charge in [0.05, 0.1) is 0 Å². The number of benzene rings is 2. The number of hydrogen-bond donors (Lipinski definition) is 2. The first-order valence-electron chi connectivity index (χ1n) is 7.13. The maximum absolute atomic E-state index is 5.71. The van der Waals surface area contributed by atoms with Gasteiger partial charge in [0, 0.05) is 11.4 Å². The molecule has 2 nitrogen and oxygen atoms in total. The highest BCUT2D eigenvalue weighted by atomic mass is 14.6. The smallest absolute Gasteiger partial charge is 0.0346 e. The second-order valence-corrected chi connectivity index (χ2v) is 5.17. The van der Waals surface area contributed by atoms with Gasteiger partial charge in [-0.15, -0.1) is 0 Å². The Morgan fingerprint density at radius 2 is 1.45 bits per heavy atom. The molecule has 2 aromatic rings. The van der Waals surface area contributed by atoms with Gasteiger partial charge in [0.2, 0.25) is 0 Å². The monoisotopic (exact) mass is 270 g/mol. The molecule has 2 rings (SSSR count). The van der Waals surface area contributed by atoms with E-state index in [2.05, 4.69) is 39.8 Å². The van der Waals surface area contributed by atoms with Crippen LogP contribution in [0.1, 0.15) is 35.6 Å². The van der Waals surface area contributed by atoms with Crippen LogP contribution in [-0.2, 0) is 6.42 Å². The SMILES string of the molecule is CCCc1ccccc1N.Cc1ccc(N)c(C)c1C. The third kappa shape index (κ3) is 4.30. The second kappa shape index (κ2) is 7.59. The summed E-state index contributed by atoms with van der Waals surface area (Å²) in [7, 11) is 0. The number of rotatable bonds is 2. The molecule has 0 bridgehead atoms. The molecule has 0 amide bonds. The molecule has 0 aliphatic carbocycles. The molecule has 20 heavy (non-hydrogen) atoms. The molecule has 2 heteroatoms. The van der Waals surface area contributed by atoms with E-state index in [1.807, 2.05) is 24.3 Å². The van der Waals surface area contributed by atoms with Crippen molar-refractivity contribution in [3.05, 3.63) is 58.7 Å². The highest BCUT2D eigenvalue weighted by Crippen LogP contribution is 2.17. The van der Waals surface area contributed by atoms with Gasteiger partial charge in [0.1, 0.15) is 0 Å². The Labute approximate surface area is 122 Å². The van der Waals surface area contributed by atoms with Crippen molar-refractivity contribution in [3.63, 3.8) is 0 Å². The van der Waals surface area contributed by atoms with Crippen molar-refractivity contribution in [2.24, 2.45) is 0 Å². The summed E-state index contributed by atoms with van der Waals surface area (Å²) in [5.74, 6) is 0. The topological polar surface area (TPSA) is 52.0 Å². The fraction of sp³-hybridized carbons (Fsp3) is 0.333. The maximum atomic E-state index is 5.71. The lowest BCUT2D eigenvalue weighted by Gasteiger charge is -2.05. The van der Waals surface area contributed by atoms with E-state index in [1.54, 1.807) is 0 Å². The molecule has 4 N–H and O–H groups in total. The van der Waals surface area contributed by atoms with Crippen LogP contribution < -0.4 is 11.5 Å². The fourth-order valence-electron chi connectivity index (χ4n) is 2.01. The Morgan fingerprint density at radius 3 is 2.00 bits per heavy atom. The molecule has 0 atom stereocenters. The molecule has 0 heterocycles. The van der Waals surface area contributed by atoms with Crippen LogP contribution in [0.5, 0.6) is 0 Å². The Morgan fingerprint density at radius 1 is 0.800 bits per heavy atom. The summed E-state index contributed by atoms with van der Waals surface area (Å²) in [5.41, 5.74) is 18.3. The quantitative estimate of drug-likeness (QED) is 0.794. The second-order valence-electron chi connectivity index (χ2n) is 5.17. The van der Waals surface area contributed by atoms with Crippen molar-refractivity contribution in [1.82, 2.24) is 0 Å². The summed E-state index contributed by atoms with van der Waals surface area (Å²) in [6, 6.07) is 12.0.